The molecule has 1 aliphatic carbocycles. The Morgan fingerprint density at radius 1 is 1.24 bits per heavy atom. The van der Waals surface area contributed by atoms with E-state index < -0.39 is 0 Å². The van der Waals surface area contributed by atoms with Crippen LogP contribution in [0.25, 0.3) is 16.6 Å². The summed E-state index contributed by atoms with van der Waals surface area (Å²) in [7, 11) is 0. The molecule has 2 aromatic rings. The van der Waals surface area contributed by atoms with Gasteiger partial charge in [0.2, 0.25) is 0 Å². The van der Waals surface area contributed by atoms with E-state index in [0.29, 0.717) is 0 Å². The smallest absolute Gasteiger partial charge is 0.0734 e. The molecule has 3 heteroatoms. The number of benzene rings is 1. The van der Waals surface area contributed by atoms with Gasteiger partial charge >= 0.3 is 0 Å². The minimum absolute atomic E-state index is 0.903. The van der Waals surface area contributed by atoms with Gasteiger partial charge in [-0.1, -0.05) is 24.8 Å². The molecule has 0 bridgehead atoms. The summed E-state index contributed by atoms with van der Waals surface area (Å²) in [6.45, 7) is 9.54. The molecule has 25 heavy (non-hydrogen) atoms. The fraction of sp³-hybridized carbons (Fsp3) is 0.318. The van der Waals surface area contributed by atoms with Gasteiger partial charge in [0.15, 0.2) is 0 Å². The Labute approximate surface area is 149 Å². The van der Waals surface area contributed by atoms with Crippen LogP contribution in [-0.2, 0) is 0 Å². The molecule has 0 saturated carbocycles. The molecule has 0 amide bonds. The zero-order chi connectivity index (χ0) is 17.4. The largest absolute Gasteiger partial charge is 0.298 e. The molecule has 0 unspecified atom stereocenters. The van der Waals surface area contributed by atoms with Crippen molar-refractivity contribution in [2.24, 2.45) is 0 Å². The van der Waals surface area contributed by atoms with Crippen molar-refractivity contribution in [3.05, 3.63) is 71.1 Å². The Bertz CT molecular complexity index is 905. The Morgan fingerprint density at radius 2 is 2.12 bits per heavy atom. The maximum Gasteiger partial charge on any atom is 0.0734 e. The fourth-order valence-corrected chi connectivity index (χ4v) is 3.76. The van der Waals surface area contributed by atoms with Crippen molar-refractivity contribution in [2.75, 3.05) is 6.54 Å². The number of hydrazine groups is 1. The van der Waals surface area contributed by atoms with E-state index in [1.165, 1.54) is 47.9 Å². The van der Waals surface area contributed by atoms with Crippen LogP contribution in [0.4, 0.5) is 0 Å². The molecule has 1 aromatic carbocycles. The minimum Gasteiger partial charge on any atom is -0.298 e. The Balaban J connectivity index is 1.60. The predicted octanol–water partition coefficient (Wildman–Crippen LogP) is 5.03. The zero-order valence-electron chi connectivity index (χ0n) is 15.1. The SMILES string of the molecule is C=C(NN1CCCC2=C1C=CCC2)c1cnc2c(C)c(C)ccc2c1. The van der Waals surface area contributed by atoms with Crippen LogP contribution in [0.3, 0.4) is 0 Å². The van der Waals surface area contributed by atoms with Crippen molar-refractivity contribution in [3.8, 4) is 0 Å². The van der Waals surface area contributed by atoms with Gasteiger partial charge in [-0.25, -0.2) is 0 Å². The Morgan fingerprint density at radius 3 is 3.00 bits per heavy atom. The lowest BCUT2D eigenvalue weighted by Crippen LogP contribution is -2.39. The normalized spacial score (nSPS) is 17.0. The third kappa shape index (κ3) is 2.95. The van der Waals surface area contributed by atoms with Gasteiger partial charge in [-0.15, -0.1) is 0 Å². The third-order valence-electron chi connectivity index (χ3n) is 5.40. The number of nitrogens with zero attached hydrogens (tertiary/aromatic N) is 2. The number of pyridine rings is 1. The molecule has 0 saturated heterocycles. The van der Waals surface area contributed by atoms with Crippen molar-refractivity contribution in [2.45, 2.75) is 39.5 Å². The van der Waals surface area contributed by atoms with Crippen LogP contribution in [0.5, 0.6) is 0 Å². The fourth-order valence-electron chi connectivity index (χ4n) is 3.76. The van der Waals surface area contributed by atoms with Gasteiger partial charge < -0.3 is 0 Å². The summed E-state index contributed by atoms with van der Waals surface area (Å²) >= 11 is 0. The van der Waals surface area contributed by atoms with Crippen molar-refractivity contribution in [1.82, 2.24) is 15.4 Å². The molecule has 1 aromatic heterocycles. The van der Waals surface area contributed by atoms with Crippen LogP contribution in [-0.4, -0.2) is 16.5 Å². The molecule has 1 N–H and O–H groups in total. The van der Waals surface area contributed by atoms with E-state index >= 15 is 0 Å². The molecular weight excluding hydrogens is 306 g/mol. The van der Waals surface area contributed by atoms with Gasteiger partial charge in [0.25, 0.3) is 0 Å². The molecule has 3 nitrogen and oxygen atoms in total. The predicted molar refractivity (Wildman–Crippen MR) is 105 cm³/mol. The lowest BCUT2D eigenvalue weighted by molar-refractivity contribution is 0.276. The van der Waals surface area contributed by atoms with Crippen LogP contribution in [0.1, 0.15) is 42.4 Å². The van der Waals surface area contributed by atoms with E-state index in [2.05, 4.69) is 61.2 Å². The minimum atomic E-state index is 0.903. The Kier molecular flexibility index (Phi) is 4.08. The van der Waals surface area contributed by atoms with Crippen LogP contribution in [0.15, 0.2) is 54.4 Å². The highest BCUT2D eigenvalue weighted by atomic mass is 15.5. The van der Waals surface area contributed by atoms with Crippen LogP contribution >= 0.6 is 0 Å². The zero-order valence-corrected chi connectivity index (χ0v) is 15.1. The molecule has 0 atom stereocenters. The van der Waals surface area contributed by atoms with Crippen LogP contribution in [0.2, 0.25) is 0 Å². The van der Waals surface area contributed by atoms with E-state index in [1.807, 2.05) is 6.20 Å². The van der Waals surface area contributed by atoms with Gasteiger partial charge in [0.1, 0.15) is 0 Å². The van der Waals surface area contributed by atoms with E-state index in [4.69, 9.17) is 4.98 Å². The van der Waals surface area contributed by atoms with Crippen LogP contribution < -0.4 is 5.43 Å². The van der Waals surface area contributed by atoms with Crippen molar-refractivity contribution in [1.29, 1.82) is 0 Å². The molecule has 0 spiro atoms. The monoisotopic (exact) mass is 331 g/mol. The van der Waals surface area contributed by atoms with Crippen molar-refractivity contribution >= 4 is 16.6 Å². The van der Waals surface area contributed by atoms with Gasteiger partial charge in [-0.05, 0) is 68.4 Å². The maximum atomic E-state index is 4.69. The first-order valence-electron chi connectivity index (χ1n) is 9.11. The van der Waals surface area contributed by atoms with Gasteiger partial charge in [-0.2, -0.15) is 0 Å². The molecule has 128 valence electrons. The first-order valence-corrected chi connectivity index (χ1v) is 9.11. The molecule has 4 rings (SSSR count). The summed E-state index contributed by atoms with van der Waals surface area (Å²) < 4.78 is 0. The molecule has 0 radical (unpaired) electrons. The highest BCUT2D eigenvalue weighted by Crippen LogP contribution is 2.30. The molecular formula is C22H25N3. The van der Waals surface area contributed by atoms with Gasteiger partial charge in [0.05, 0.1) is 16.9 Å². The van der Waals surface area contributed by atoms with E-state index in [1.54, 1.807) is 5.57 Å². The molecule has 1 aliphatic heterocycles. The summed E-state index contributed by atoms with van der Waals surface area (Å²) in [6.07, 6.45) is 11.2. The topological polar surface area (TPSA) is 28.2 Å². The van der Waals surface area contributed by atoms with Crippen LogP contribution in [0, 0.1) is 13.8 Å². The first-order chi connectivity index (χ1) is 12.1. The summed E-state index contributed by atoms with van der Waals surface area (Å²) in [6, 6.07) is 6.49. The molecule has 2 aliphatic rings. The number of aryl methyl sites for hydroxylation is 2. The number of nitrogens with one attached hydrogen (secondary N) is 1. The second-order valence-electron chi connectivity index (χ2n) is 7.08. The highest BCUT2D eigenvalue weighted by Gasteiger charge is 2.20. The van der Waals surface area contributed by atoms with E-state index in [0.717, 1.165) is 23.3 Å². The highest BCUT2D eigenvalue weighted by molar-refractivity contribution is 5.85. The summed E-state index contributed by atoms with van der Waals surface area (Å²) in [5.41, 5.74) is 12.0. The maximum absolute atomic E-state index is 4.69. The number of allylic oxidation sites excluding steroid dienone is 3. The standard InChI is InChI=1S/C22H25N3/c1-15-10-11-19-13-20(14-23-22(19)16(15)2)17(3)24-25-12-6-8-18-7-4-5-9-21(18)25/h5,9-11,13-14,24H,3-4,6-8,12H2,1-2H3. The third-order valence-corrected chi connectivity index (χ3v) is 5.40. The number of hydrogen-bond acceptors (Lipinski definition) is 3. The summed E-state index contributed by atoms with van der Waals surface area (Å²) in [4.78, 5) is 4.69. The second-order valence-corrected chi connectivity index (χ2v) is 7.08. The second kappa shape index (κ2) is 6.40. The molecule has 2 heterocycles. The quantitative estimate of drug-likeness (QED) is 0.855. The summed E-state index contributed by atoms with van der Waals surface area (Å²) in [5, 5.41) is 3.42. The Hall–Kier alpha value is -2.55. The lowest BCUT2D eigenvalue weighted by atomic mass is 9.94. The van der Waals surface area contributed by atoms with Crippen molar-refractivity contribution in [3.63, 3.8) is 0 Å². The summed E-state index contributed by atoms with van der Waals surface area (Å²) in [5.74, 6) is 0. The van der Waals surface area contributed by atoms with Gasteiger partial charge in [0, 0.05) is 23.7 Å². The van der Waals surface area contributed by atoms with Crippen molar-refractivity contribution < 1.29 is 0 Å². The van der Waals surface area contributed by atoms with E-state index in [-0.39, 0.29) is 0 Å². The van der Waals surface area contributed by atoms with Gasteiger partial charge in [-0.3, -0.25) is 15.4 Å². The first kappa shape index (κ1) is 15.9. The lowest BCUT2D eigenvalue weighted by Gasteiger charge is -2.35. The van der Waals surface area contributed by atoms with E-state index in [9.17, 15) is 0 Å². The number of hydrogen-bond donors (Lipinski definition) is 1. The number of fused-ring (bicyclic) bond motifs is 1. The number of rotatable bonds is 3. The average Bonchev–Trinajstić information content (AvgIpc) is 2.65. The average molecular weight is 331 g/mol. The molecule has 0 fully saturated rings. The number of aromatic nitrogens is 1.